The molecule has 2 aromatic rings. The van der Waals surface area contributed by atoms with Gasteiger partial charge in [-0.3, -0.25) is 10.1 Å². The molecular weight excluding hydrogens is 398 g/mol. The predicted octanol–water partition coefficient (Wildman–Crippen LogP) is 3.97. The maximum atomic E-state index is 12.5. The van der Waals surface area contributed by atoms with Crippen molar-refractivity contribution in [2.24, 2.45) is 5.92 Å². The Balaban J connectivity index is 1.69. The largest absolute Gasteiger partial charge is 0.438 e. The monoisotopic (exact) mass is 425 g/mol. The number of amides is 1. The number of aromatic nitrogens is 1. The molecular formula is C19H27N3O4S2. The van der Waals surface area contributed by atoms with E-state index in [1.54, 1.807) is 20.8 Å². The number of sulfonamides is 1. The summed E-state index contributed by atoms with van der Waals surface area (Å²) in [6.07, 6.45) is 5.48. The van der Waals surface area contributed by atoms with Gasteiger partial charge in [-0.1, -0.05) is 19.8 Å². The van der Waals surface area contributed by atoms with Crippen molar-refractivity contribution in [3.63, 3.8) is 0 Å². The average molecular weight is 426 g/mol. The van der Waals surface area contributed by atoms with Crippen LogP contribution in [-0.4, -0.2) is 24.8 Å². The highest BCUT2D eigenvalue weighted by Crippen LogP contribution is 2.34. The van der Waals surface area contributed by atoms with E-state index in [1.165, 1.54) is 41.2 Å². The van der Waals surface area contributed by atoms with E-state index in [2.05, 4.69) is 21.9 Å². The zero-order valence-electron chi connectivity index (χ0n) is 16.7. The lowest BCUT2D eigenvalue weighted by Crippen LogP contribution is -2.40. The first kappa shape index (κ1) is 21.0. The molecule has 1 unspecified atom stereocenters. The van der Waals surface area contributed by atoms with Crippen LogP contribution < -0.4 is 10.0 Å². The molecule has 154 valence electrons. The molecule has 2 heterocycles. The zero-order valence-corrected chi connectivity index (χ0v) is 18.3. The molecule has 1 atom stereocenters. The minimum absolute atomic E-state index is 0.0636. The smallest absolute Gasteiger partial charge is 0.293 e. The second kappa shape index (κ2) is 7.96. The number of hydrogen-bond acceptors (Lipinski definition) is 6. The van der Waals surface area contributed by atoms with Gasteiger partial charge in [-0.05, 0) is 58.1 Å². The van der Waals surface area contributed by atoms with Crippen molar-refractivity contribution < 1.29 is 17.6 Å². The molecule has 0 saturated carbocycles. The highest BCUT2D eigenvalue weighted by atomic mass is 32.2. The summed E-state index contributed by atoms with van der Waals surface area (Å²) >= 11 is 1.49. The van der Waals surface area contributed by atoms with E-state index in [0.29, 0.717) is 11.0 Å². The summed E-state index contributed by atoms with van der Waals surface area (Å²) < 4.78 is 32.4. The van der Waals surface area contributed by atoms with Crippen LogP contribution in [0.15, 0.2) is 21.6 Å². The molecule has 2 N–H and O–H groups in total. The third kappa shape index (κ3) is 5.01. The first-order valence-corrected chi connectivity index (χ1v) is 11.8. The summed E-state index contributed by atoms with van der Waals surface area (Å²) in [7, 11) is -3.83. The Labute approximate surface area is 170 Å². The predicted molar refractivity (Wildman–Crippen MR) is 109 cm³/mol. The molecule has 0 radical (unpaired) electrons. The molecule has 2 aromatic heterocycles. The highest BCUT2D eigenvalue weighted by Gasteiger charge is 2.27. The molecule has 9 heteroatoms. The van der Waals surface area contributed by atoms with E-state index in [-0.39, 0.29) is 10.9 Å². The molecule has 3 rings (SSSR count). The fourth-order valence-corrected chi connectivity index (χ4v) is 5.82. The Bertz CT molecular complexity index is 954. The number of thiazole rings is 1. The topological polar surface area (TPSA) is 101 Å². The second-order valence-electron chi connectivity index (χ2n) is 8.21. The van der Waals surface area contributed by atoms with Gasteiger partial charge in [0.05, 0.1) is 5.69 Å². The van der Waals surface area contributed by atoms with Gasteiger partial charge in [0, 0.05) is 10.4 Å². The number of fused-ring (bicyclic) bond motifs is 1. The van der Waals surface area contributed by atoms with Gasteiger partial charge in [-0.25, -0.2) is 18.1 Å². The van der Waals surface area contributed by atoms with Gasteiger partial charge in [-0.2, -0.15) is 0 Å². The van der Waals surface area contributed by atoms with E-state index in [9.17, 15) is 13.2 Å². The van der Waals surface area contributed by atoms with Crippen LogP contribution in [-0.2, 0) is 22.9 Å². The van der Waals surface area contributed by atoms with Gasteiger partial charge in [0.25, 0.3) is 15.9 Å². The van der Waals surface area contributed by atoms with Crippen molar-refractivity contribution in [2.75, 3.05) is 5.32 Å². The minimum Gasteiger partial charge on any atom is -0.438 e. The minimum atomic E-state index is -3.83. The standard InChI is InChI=1S/C19H27N3O4S2/c1-5-6-12-7-8-13-15(11-12)27-18(20-13)21-17(23)14-9-10-16(26-14)28(24,25)22-19(2,3)4/h9-10,12,22H,5-8,11H2,1-4H3,(H,20,21,23). The van der Waals surface area contributed by atoms with Gasteiger partial charge in [0.1, 0.15) is 0 Å². The van der Waals surface area contributed by atoms with E-state index in [1.807, 2.05) is 0 Å². The Morgan fingerprint density at radius 2 is 2.11 bits per heavy atom. The van der Waals surface area contributed by atoms with Crippen molar-refractivity contribution in [1.29, 1.82) is 0 Å². The van der Waals surface area contributed by atoms with Crippen molar-refractivity contribution >= 4 is 32.4 Å². The van der Waals surface area contributed by atoms with Crippen molar-refractivity contribution in [1.82, 2.24) is 9.71 Å². The Hall–Kier alpha value is -1.71. The summed E-state index contributed by atoms with van der Waals surface area (Å²) in [6.45, 7) is 7.39. The molecule has 7 nitrogen and oxygen atoms in total. The molecule has 0 aromatic carbocycles. The normalized spacial score (nSPS) is 17.4. The number of nitrogens with zero attached hydrogens (tertiary/aromatic N) is 1. The Morgan fingerprint density at radius 1 is 1.36 bits per heavy atom. The lowest BCUT2D eigenvalue weighted by atomic mass is 9.88. The molecule has 0 spiro atoms. The summed E-state index contributed by atoms with van der Waals surface area (Å²) in [5, 5.41) is 2.98. The van der Waals surface area contributed by atoms with E-state index >= 15 is 0 Å². The van der Waals surface area contributed by atoms with Crippen LogP contribution >= 0.6 is 11.3 Å². The first-order valence-electron chi connectivity index (χ1n) is 9.51. The maximum absolute atomic E-state index is 12.5. The van der Waals surface area contributed by atoms with Crippen LogP contribution in [0.4, 0.5) is 5.13 Å². The summed E-state index contributed by atoms with van der Waals surface area (Å²) in [6, 6.07) is 2.64. The average Bonchev–Trinajstić information content (AvgIpc) is 3.19. The number of aryl methyl sites for hydroxylation is 1. The molecule has 0 aliphatic heterocycles. The summed E-state index contributed by atoms with van der Waals surface area (Å²) in [4.78, 5) is 18.2. The fraction of sp³-hybridized carbons (Fsp3) is 0.579. The van der Waals surface area contributed by atoms with Gasteiger partial charge in [-0.15, -0.1) is 11.3 Å². The van der Waals surface area contributed by atoms with Crippen molar-refractivity contribution in [2.45, 2.75) is 70.4 Å². The molecule has 0 saturated heterocycles. The van der Waals surface area contributed by atoms with Crippen molar-refractivity contribution in [3.8, 4) is 0 Å². The van der Waals surface area contributed by atoms with Gasteiger partial charge < -0.3 is 4.42 Å². The lowest BCUT2D eigenvalue weighted by molar-refractivity contribution is 0.0991. The first-order chi connectivity index (χ1) is 13.1. The SMILES string of the molecule is CCCC1CCc2nc(NC(=O)c3ccc(S(=O)(=O)NC(C)(C)C)o3)sc2C1. The summed E-state index contributed by atoms with van der Waals surface area (Å²) in [5.41, 5.74) is 0.411. The van der Waals surface area contributed by atoms with Crippen LogP contribution in [0.25, 0.3) is 0 Å². The van der Waals surface area contributed by atoms with Crippen LogP contribution in [0, 0.1) is 5.92 Å². The Kier molecular flexibility index (Phi) is 5.97. The number of carbonyl (C=O) groups excluding carboxylic acids is 1. The highest BCUT2D eigenvalue weighted by molar-refractivity contribution is 7.89. The fourth-order valence-electron chi connectivity index (χ4n) is 3.35. The third-order valence-corrected chi connectivity index (χ3v) is 7.14. The number of rotatable bonds is 6. The molecule has 1 aliphatic carbocycles. The van der Waals surface area contributed by atoms with Gasteiger partial charge in [0.15, 0.2) is 10.9 Å². The molecule has 28 heavy (non-hydrogen) atoms. The van der Waals surface area contributed by atoms with Gasteiger partial charge >= 0.3 is 0 Å². The molecule has 0 bridgehead atoms. The zero-order chi connectivity index (χ0) is 20.5. The van der Waals surface area contributed by atoms with E-state index in [4.69, 9.17) is 4.42 Å². The maximum Gasteiger partial charge on any atom is 0.293 e. The van der Waals surface area contributed by atoms with Gasteiger partial charge in [0.2, 0.25) is 5.09 Å². The number of furan rings is 1. The van der Waals surface area contributed by atoms with E-state index < -0.39 is 21.5 Å². The Morgan fingerprint density at radius 3 is 2.79 bits per heavy atom. The lowest BCUT2D eigenvalue weighted by Gasteiger charge is -2.19. The van der Waals surface area contributed by atoms with Crippen LogP contribution in [0.1, 0.15) is 68.1 Å². The number of anilines is 1. The van der Waals surface area contributed by atoms with E-state index in [0.717, 1.165) is 25.0 Å². The number of hydrogen-bond donors (Lipinski definition) is 2. The second-order valence-corrected chi connectivity index (χ2v) is 10.9. The van der Waals surface area contributed by atoms with Crippen LogP contribution in [0.2, 0.25) is 0 Å². The van der Waals surface area contributed by atoms with Crippen LogP contribution in [0.3, 0.4) is 0 Å². The third-order valence-electron chi connectivity index (χ3n) is 4.47. The molecule has 1 amide bonds. The summed E-state index contributed by atoms with van der Waals surface area (Å²) in [5.74, 6) is 0.120. The number of nitrogens with one attached hydrogen (secondary N) is 2. The quantitative estimate of drug-likeness (QED) is 0.729. The van der Waals surface area contributed by atoms with Crippen molar-refractivity contribution in [3.05, 3.63) is 28.5 Å². The molecule has 1 aliphatic rings. The molecule has 0 fully saturated rings. The van der Waals surface area contributed by atoms with Crippen LogP contribution in [0.5, 0.6) is 0 Å². The number of carbonyl (C=O) groups is 1.